The second-order valence-electron chi connectivity index (χ2n) is 2.37. The number of nitrogens with one attached hydrogen (secondary N) is 1. The van der Waals surface area contributed by atoms with Crippen LogP contribution < -0.4 is 10.1 Å². The number of hydrogen-bond donors (Lipinski definition) is 1. The molecular weight excluding hydrogens is 182 g/mol. The molecule has 0 heterocycles. The summed E-state index contributed by atoms with van der Waals surface area (Å²) in [6.45, 7) is 4.18. The molecule has 0 atom stereocenters. The molecule has 0 saturated heterocycles. The van der Waals surface area contributed by atoms with Crippen LogP contribution in [0.15, 0.2) is 43.0 Å². The van der Waals surface area contributed by atoms with Gasteiger partial charge in [0.05, 0.1) is 0 Å². The van der Waals surface area contributed by atoms with Gasteiger partial charge in [-0.15, -0.1) is 6.58 Å². The van der Waals surface area contributed by atoms with E-state index in [1.54, 1.807) is 6.08 Å². The van der Waals surface area contributed by atoms with Crippen LogP contribution in [0, 0.1) is 0 Å². The average molecular weight is 193 g/mol. The fourth-order valence-electron chi connectivity index (χ4n) is 0.787. The standard InChI is InChI=1S/C10H11NOS/c1-2-8-11-10(13)12-9-6-4-3-5-7-9/h2-7H,1,8H2,(H,11,13). The first-order valence-corrected chi connectivity index (χ1v) is 4.35. The summed E-state index contributed by atoms with van der Waals surface area (Å²) < 4.78 is 5.29. The first kappa shape index (κ1) is 9.74. The lowest BCUT2D eigenvalue weighted by atomic mass is 10.3. The first-order valence-electron chi connectivity index (χ1n) is 3.94. The SMILES string of the molecule is C=CCNC(=S)Oc1ccccc1. The van der Waals surface area contributed by atoms with Crippen molar-refractivity contribution in [3.8, 4) is 5.75 Å². The van der Waals surface area contributed by atoms with E-state index in [1.807, 2.05) is 30.3 Å². The van der Waals surface area contributed by atoms with Crippen LogP contribution in [0.3, 0.4) is 0 Å². The Kier molecular flexibility index (Phi) is 3.99. The zero-order valence-electron chi connectivity index (χ0n) is 7.19. The van der Waals surface area contributed by atoms with Gasteiger partial charge in [0.25, 0.3) is 5.17 Å². The van der Waals surface area contributed by atoms with Gasteiger partial charge in [-0.3, -0.25) is 0 Å². The zero-order chi connectivity index (χ0) is 9.52. The molecule has 68 valence electrons. The molecular formula is C10H11NOS. The van der Waals surface area contributed by atoms with Crippen molar-refractivity contribution in [2.45, 2.75) is 0 Å². The highest BCUT2D eigenvalue weighted by atomic mass is 32.1. The van der Waals surface area contributed by atoms with E-state index < -0.39 is 0 Å². The summed E-state index contributed by atoms with van der Waals surface area (Å²) in [5.41, 5.74) is 0. The molecule has 13 heavy (non-hydrogen) atoms. The fourth-order valence-corrected chi connectivity index (χ4v) is 0.967. The summed E-state index contributed by atoms with van der Waals surface area (Å²) in [5.74, 6) is 0.740. The van der Waals surface area contributed by atoms with Crippen molar-refractivity contribution >= 4 is 17.4 Å². The minimum Gasteiger partial charge on any atom is -0.432 e. The second-order valence-corrected chi connectivity index (χ2v) is 2.74. The minimum absolute atomic E-state index is 0.367. The number of benzene rings is 1. The van der Waals surface area contributed by atoms with Crippen molar-refractivity contribution in [3.63, 3.8) is 0 Å². The van der Waals surface area contributed by atoms with Crippen molar-refractivity contribution in [2.24, 2.45) is 0 Å². The van der Waals surface area contributed by atoms with Crippen LogP contribution in [-0.2, 0) is 0 Å². The third kappa shape index (κ3) is 3.71. The van der Waals surface area contributed by atoms with Crippen LogP contribution in [0.5, 0.6) is 5.75 Å². The van der Waals surface area contributed by atoms with Crippen LogP contribution in [0.4, 0.5) is 0 Å². The second kappa shape index (κ2) is 5.32. The summed E-state index contributed by atoms with van der Waals surface area (Å²) in [4.78, 5) is 0. The molecule has 1 aromatic rings. The molecule has 0 amide bonds. The van der Waals surface area contributed by atoms with E-state index in [0.29, 0.717) is 11.7 Å². The molecule has 0 aliphatic heterocycles. The van der Waals surface area contributed by atoms with Gasteiger partial charge in [-0.2, -0.15) is 0 Å². The molecule has 0 aromatic heterocycles. The van der Waals surface area contributed by atoms with Crippen molar-refractivity contribution in [1.82, 2.24) is 5.32 Å². The summed E-state index contributed by atoms with van der Waals surface area (Å²) in [7, 11) is 0. The van der Waals surface area contributed by atoms with Crippen LogP contribution in [-0.4, -0.2) is 11.7 Å². The number of hydrogen-bond acceptors (Lipinski definition) is 2. The molecule has 2 nitrogen and oxygen atoms in total. The summed E-state index contributed by atoms with van der Waals surface area (Å²) >= 11 is 4.92. The van der Waals surface area contributed by atoms with Gasteiger partial charge in [-0.1, -0.05) is 24.3 Å². The summed E-state index contributed by atoms with van der Waals surface area (Å²) in [6, 6.07) is 9.41. The van der Waals surface area contributed by atoms with Crippen LogP contribution in [0.1, 0.15) is 0 Å². The fraction of sp³-hybridized carbons (Fsp3) is 0.100. The smallest absolute Gasteiger partial charge is 0.262 e. The predicted molar refractivity (Wildman–Crippen MR) is 57.9 cm³/mol. The van der Waals surface area contributed by atoms with E-state index in [2.05, 4.69) is 11.9 Å². The van der Waals surface area contributed by atoms with E-state index in [0.717, 1.165) is 5.75 Å². The lowest BCUT2D eigenvalue weighted by molar-refractivity contribution is 0.537. The van der Waals surface area contributed by atoms with Crippen molar-refractivity contribution in [2.75, 3.05) is 6.54 Å². The molecule has 3 heteroatoms. The summed E-state index contributed by atoms with van der Waals surface area (Å²) in [6.07, 6.45) is 1.72. The highest BCUT2D eigenvalue weighted by Gasteiger charge is 1.95. The summed E-state index contributed by atoms with van der Waals surface area (Å²) in [5, 5.41) is 3.24. The molecule has 1 aromatic carbocycles. The Morgan fingerprint density at radius 3 is 2.77 bits per heavy atom. The molecule has 0 aliphatic rings. The Morgan fingerprint density at radius 1 is 1.46 bits per heavy atom. The van der Waals surface area contributed by atoms with Gasteiger partial charge in [-0.05, 0) is 24.4 Å². The van der Waals surface area contributed by atoms with E-state index in [4.69, 9.17) is 17.0 Å². The monoisotopic (exact) mass is 193 g/mol. The Labute approximate surface area is 83.2 Å². The number of para-hydroxylation sites is 1. The molecule has 0 saturated carbocycles. The van der Waals surface area contributed by atoms with E-state index in [1.165, 1.54) is 0 Å². The highest BCUT2D eigenvalue weighted by molar-refractivity contribution is 7.80. The molecule has 1 N–H and O–H groups in total. The van der Waals surface area contributed by atoms with Crippen molar-refractivity contribution in [3.05, 3.63) is 43.0 Å². The Hall–Kier alpha value is -1.35. The molecule has 0 radical (unpaired) electrons. The van der Waals surface area contributed by atoms with Gasteiger partial charge in [0.1, 0.15) is 5.75 Å². The third-order valence-electron chi connectivity index (χ3n) is 1.34. The molecule has 0 bridgehead atoms. The maximum atomic E-state index is 5.29. The Bertz CT molecular complexity index is 284. The van der Waals surface area contributed by atoms with Gasteiger partial charge in [-0.25, -0.2) is 0 Å². The van der Waals surface area contributed by atoms with Gasteiger partial charge < -0.3 is 10.1 Å². The first-order chi connectivity index (χ1) is 6.33. The largest absolute Gasteiger partial charge is 0.432 e. The van der Waals surface area contributed by atoms with E-state index in [9.17, 15) is 0 Å². The topological polar surface area (TPSA) is 21.3 Å². The highest BCUT2D eigenvalue weighted by Crippen LogP contribution is 2.07. The van der Waals surface area contributed by atoms with Crippen LogP contribution in [0.2, 0.25) is 0 Å². The quantitative estimate of drug-likeness (QED) is 0.587. The number of ether oxygens (including phenoxy) is 1. The molecule has 0 unspecified atom stereocenters. The van der Waals surface area contributed by atoms with Gasteiger partial charge in [0.15, 0.2) is 0 Å². The Balaban J connectivity index is 2.41. The van der Waals surface area contributed by atoms with Gasteiger partial charge >= 0.3 is 0 Å². The minimum atomic E-state index is 0.367. The molecule has 0 fully saturated rings. The van der Waals surface area contributed by atoms with Crippen molar-refractivity contribution in [1.29, 1.82) is 0 Å². The maximum Gasteiger partial charge on any atom is 0.262 e. The van der Waals surface area contributed by atoms with Gasteiger partial charge in [0.2, 0.25) is 0 Å². The van der Waals surface area contributed by atoms with Gasteiger partial charge in [0, 0.05) is 6.54 Å². The lowest BCUT2D eigenvalue weighted by Gasteiger charge is -2.06. The normalized spacial score (nSPS) is 8.92. The lowest BCUT2D eigenvalue weighted by Crippen LogP contribution is -2.26. The number of rotatable bonds is 3. The third-order valence-corrected chi connectivity index (χ3v) is 1.57. The number of thiocarbonyl (C=S) groups is 1. The van der Waals surface area contributed by atoms with Crippen LogP contribution >= 0.6 is 12.2 Å². The molecule has 0 spiro atoms. The molecule has 1 rings (SSSR count). The zero-order valence-corrected chi connectivity index (χ0v) is 8.01. The van der Waals surface area contributed by atoms with Crippen molar-refractivity contribution < 1.29 is 4.74 Å². The maximum absolute atomic E-state index is 5.29. The predicted octanol–water partition coefficient (Wildman–Crippen LogP) is 2.13. The molecule has 0 aliphatic carbocycles. The average Bonchev–Trinajstić information content (AvgIpc) is 2.16. The van der Waals surface area contributed by atoms with Crippen LogP contribution in [0.25, 0.3) is 0 Å². The van der Waals surface area contributed by atoms with E-state index in [-0.39, 0.29) is 0 Å². The Morgan fingerprint density at radius 2 is 2.15 bits per heavy atom. The van der Waals surface area contributed by atoms with E-state index >= 15 is 0 Å².